The molecular formula is C15H10Cl3NO. The largest absolute Gasteiger partial charge is 0.321 e. The van der Waals surface area contributed by atoms with Crippen LogP contribution in [0.2, 0.25) is 15.1 Å². The Bertz CT molecular complexity index is 668. The number of hydrogen-bond acceptors (Lipinski definition) is 1. The van der Waals surface area contributed by atoms with E-state index in [1.54, 1.807) is 36.4 Å². The van der Waals surface area contributed by atoms with Gasteiger partial charge >= 0.3 is 0 Å². The van der Waals surface area contributed by atoms with E-state index >= 15 is 0 Å². The third-order valence-electron chi connectivity index (χ3n) is 2.46. The maximum Gasteiger partial charge on any atom is 0.248 e. The number of rotatable bonds is 3. The van der Waals surface area contributed by atoms with Gasteiger partial charge in [0.05, 0.1) is 10.7 Å². The molecule has 102 valence electrons. The van der Waals surface area contributed by atoms with Gasteiger partial charge in [0.2, 0.25) is 5.91 Å². The Balaban J connectivity index is 2.05. The van der Waals surface area contributed by atoms with Gasteiger partial charge in [-0.3, -0.25) is 4.79 Å². The zero-order valence-electron chi connectivity index (χ0n) is 10.2. The summed E-state index contributed by atoms with van der Waals surface area (Å²) in [6.07, 6.45) is 3.08. The Morgan fingerprint density at radius 3 is 2.45 bits per heavy atom. The van der Waals surface area contributed by atoms with Crippen molar-refractivity contribution in [1.29, 1.82) is 0 Å². The lowest BCUT2D eigenvalue weighted by atomic mass is 10.2. The number of amides is 1. The van der Waals surface area contributed by atoms with E-state index in [2.05, 4.69) is 5.32 Å². The molecule has 0 aliphatic rings. The predicted octanol–water partition coefficient (Wildman–Crippen LogP) is 5.30. The topological polar surface area (TPSA) is 29.1 Å². The number of benzene rings is 2. The van der Waals surface area contributed by atoms with E-state index in [1.807, 2.05) is 12.1 Å². The highest BCUT2D eigenvalue weighted by molar-refractivity contribution is 6.36. The van der Waals surface area contributed by atoms with Crippen molar-refractivity contribution < 1.29 is 4.79 Å². The number of hydrogen-bond donors (Lipinski definition) is 1. The zero-order chi connectivity index (χ0) is 14.5. The Kier molecular flexibility index (Phi) is 5.07. The van der Waals surface area contributed by atoms with E-state index < -0.39 is 0 Å². The first-order valence-corrected chi connectivity index (χ1v) is 6.88. The SMILES string of the molecule is O=C(/C=C/c1cccc(Cl)c1)Nc1ccc(Cl)cc1Cl. The number of anilines is 1. The van der Waals surface area contributed by atoms with E-state index in [4.69, 9.17) is 34.8 Å². The fourth-order valence-electron chi connectivity index (χ4n) is 1.55. The molecule has 1 N–H and O–H groups in total. The molecule has 0 heterocycles. The van der Waals surface area contributed by atoms with Gasteiger partial charge in [-0.25, -0.2) is 0 Å². The Morgan fingerprint density at radius 2 is 1.75 bits per heavy atom. The highest BCUT2D eigenvalue weighted by Gasteiger charge is 2.03. The van der Waals surface area contributed by atoms with Crippen LogP contribution in [-0.2, 0) is 4.79 Å². The van der Waals surface area contributed by atoms with Crippen LogP contribution in [-0.4, -0.2) is 5.91 Å². The molecule has 0 atom stereocenters. The normalized spacial score (nSPS) is 10.8. The molecule has 0 saturated heterocycles. The monoisotopic (exact) mass is 325 g/mol. The Labute approximate surface area is 132 Å². The molecule has 2 aromatic rings. The summed E-state index contributed by atoms with van der Waals surface area (Å²) >= 11 is 17.6. The van der Waals surface area contributed by atoms with E-state index in [9.17, 15) is 4.79 Å². The van der Waals surface area contributed by atoms with Crippen molar-refractivity contribution >= 4 is 52.5 Å². The lowest BCUT2D eigenvalue weighted by molar-refractivity contribution is -0.111. The summed E-state index contributed by atoms with van der Waals surface area (Å²) in [7, 11) is 0. The fourth-order valence-corrected chi connectivity index (χ4v) is 2.20. The summed E-state index contributed by atoms with van der Waals surface area (Å²) in [5, 5.41) is 4.20. The molecule has 2 nitrogen and oxygen atoms in total. The van der Waals surface area contributed by atoms with E-state index in [-0.39, 0.29) is 5.91 Å². The van der Waals surface area contributed by atoms with Crippen molar-refractivity contribution in [2.75, 3.05) is 5.32 Å². The minimum absolute atomic E-state index is 0.283. The van der Waals surface area contributed by atoms with Crippen LogP contribution in [0.1, 0.15) is 5.56 Å². The van der Waals surface area contributed by atoms with Crippen LogP contribution in [0.25, 0.3) is 6.08 Å². The van der Waals surface area contributed by atoms with Crippen molar-refractivity contribution in [3.8, 4) is 0 Å². The molecule has 0 aliphatic heterocycles. The number of carbonyl (C=O) groups is 1. The van der Waals surface area contributed by atoms with Crippen LogP contribution in [0.15, 0.2) is 48.5 Å². The second-order valence-electron chi connectivity index (χ2n) is 4.00. The fraction of sp³-hybridized carbons (Fsp3) is 0. The summed E-state index contributed by atoms with van der Waals surface area (Å²) in [4.78, 5) is 11.8. The smallest absolute Gasteiger partial charge is 0.248 e. The molecule has 2 rings (SSSR count). The van der Waals surface area contributed by atoms with Crippen LogP contribution < -0.4 is 5.32 Å². The van der Waals surface area contributed by atoms with Gasteiger partial charge in [0.1, 0.15) is 0 Å². The second-order valence-corrected chi connectivity index (χ2v) is 5.28. The first-order valence-electron chi connectivity index (χ1n) is 5.74. The maximum atomic E-state index is 11.8. The third-order valence-corrected chi connectivity index (χ3v) is 3.25. The van der Waals surface area contributed by atoms with Gasteiger partial charge in [0, 0.05) is 16.1 Å². The highest BCUT2D eigenvalue weighted by Crippen LogP contribution is 2.25. The number of nitrogens with one attached hydrogen (secondary N) is 1. The van der Waals surface area contributed by atoms with Crippen molar-refractivity contribution in [2.24, 2.45) is 0 Å². The molecule has 0 fully saturated rings. The molecular weight excluding hydrogens is 317 g/mol. The molecule has 0 saturated carbocycles. The number of halogens is 3. The summed E-state index contributed by atoms with van der Waals surface area (Å²) < 4.78 is 0. The molecule has 0 radical (unpaired) electrons. The Morgan fingerprint density at radius 1 is 1.00 bits per heavy atom. The minimum Gasteiger partial charge on any atom is -0.321 e. The van der Waals surface area contributed by atoms with E-state index in [1.165, 1.54) is 6.08 Å². The van der Waals surface area contributed by atoms with Crippen LogP contribution in [0, 0.1) is 0 Å². The Hall–Kier alpha value is -1.48. The summed E-state index contributed by atoms with van der Waals surface area (Å²) in [6.45, 7) is 0. The molecule has 0 spiro atoms. The van der Waals surface area contributed by atoms with Gasteiger partial charge in [-0.05, 0) is 42.0 Å². The van der Waals surface area contributed by atoms with Crippen LogP contribution in [0.3, 0.4) is 0 Å². The van der Waals surface area contributed by atoms with Gasteiger partial charge in [-0.1, -0.05) is 46.9 Å². The summed E-state index contributed by atoms with van der Waals surface area (Å²) in [5.74, 6) is -0.283. The summed E-state index contributed by atoms with van der Waals surface area (Å²) in [6, 6.07) is 12.1. The zero-order valence-corrected chi connectivity index (χ0v) is 12.5. The molecule has 1 amide bonds. The highest BCUT2D eigenvalue weighted by atomic mass is 35.5. The summed E-state index contributed by atoms with van der Waals surface area (Å²) in [5.41, 5.74) is 1.35. The predicted molar refractivity (Wildman–Crippen MR) is 85.6 cm³/mol. The van der Waals surface area contributed by atoms with Gasteiger partial charge in [-0.2, -0.15) is 0 Å². The van der Waals surface area contributed by atoms with E-state index in [0.717, 1.165) is 5.56 Å². The van der Waals surface area contributed by atoms with Crippen molar-refractivity contribution in [2.45, 2.75) is 0 Å². The first kappa shape index (κ1) is 14.9. The molecule has 0 bridgehead atoms. The van der Waals surface area contributed by atoms with Crippen molar-refractivity contribution in [3.05, 3.63) is 69.2 Å². The lowest BCUT2D eigenvalue weighted by Gasteiger charge is -2.04. The van der Waals surface area contributed by atoms with Crippen LogP contribution in [0.4, 0.5) is 5.69 Å². The third kappa shape index (κ3) is 4.27. The average Bonchev–Trinajstić information content (AvgIpc) is 2.40. The quantitative estimate of drug-likeness (QED) is 0.762. The van der Waals surface area contributed by atoms with E-state index in [0.29, 0.717) is 20.8 Å². The standard InChI is InChI=1S/C15H10Cl3NO/c16-11-3-1-2-10(8-11)4-7-15(20)19-14-6-5-12(17)9-13(14)18/h1-9H,(H,19,20)/b7-4+. The van der Waals surface area contributed by atoms with Gasteiger partial charge in [0.25, 0.3) is 0 Å². The molecule has 2 aromatic carbocycles. The average molecular weight is 327 g/mol. The van der Waals surface area contributed by atoms with Crippen molar-refractivity contribution in [1.82, 2.24) is 0 Å². The second kappa shape index (κ2) is 6.80. The molecule has 0 aromatic heterocycles. The van der Waals surface area contributed by atoms with Gasteiger partial charge in [-0.15, -0.1) is 0 Å². The van der Waals surface area contributed by atoms with Gasteiger partial charge in [0.15, 0.2) is 0 Å². The maximum absolute atomic E-state index is 11.8. The number of carbonyl (C=O) groups excluding carboxylic acids is 1. The minimum atomic E-state index is -0.283. The molecule has 5 heteroatoms. The van der Waals surface area contributed by atoms with Crippen LogP contribution in [0.5, 0.6) is 0 Å². The molecule has 0 aliphatic carbocycles. The van der Waals surface area contributed by atoms with Gasteiger partial charge < -0.3 is 5.32 Å². The molecule has 0 unspecified atom stereocenters. The molecule has 20 heavy (non-hydrogen) atoms. The first-order chi connectivity index (χ1) is 9.54. The lowest BCUT2D eigenvalue weighted by Crippen LogP contribution is -2.08. The van der Waals surface area contributed by atoms with Crippen LogP contribution >= 0.6 is 34.8 Å². The van der Waals surface area contributed by atoms with Crippen molar-refractivity contribution in [3.63, 3.8) is 0 Å².